The van der Waals surface area contributed by atoms with E-state index in [-0.39, 0.29) is 0 Å². The Morgan fingerprint density at radius 2 is 0.765 bits per heavy atom. The molecule has 0 aliphatic carbocycles. The summed E-state index contributed by atoms with van der Waals surface area (Å²) in [7, 11) is 0. The van der Waals surface area contributed by atoms with Crippen LogP contribution in [0, 0.1) is 0 Å². The first-order chi connectivity index (χ1) is 16.8. The molecule has 0 unspecified atom stereocenters. The minimum atomic E-state index is 0.763. The zero-order valence-corrected chi connectivity index (χ0v) is 21.2. The van der Waals surface area contributed by atoms with Gasteiger partial charge in [-0.25, -0.2) is 0 Å². The molecule has 0 saturated heterocycles. The molecular formula is C32H42O2. The monoisotopic (exact) mass is 458 g/mol. The van der Waals surface area contributed by atoms with Gasteiger partial charge in [0.05, 0.1) is 0 Å². The number of hydrogen-bond acceptors (Lipinski definition) is 2. The lowest BCUT2D eigenvalue weighted by Gasteiger charge is -2.16. The Hall–Kier alpha value is -2.74. The summed E-state index contributed by atoms with van der Waals surface area (Å²) in [4.78, 5) is 0. The Kier molecular flexibility index (Phi) is 11.6. The second-order valence-corrected chi connectivity index (χ2v) is 9.19. The molecule has 2 nitrogen and oxygen atoms in total. The van der Waals surface area contributed by atoms with Gasteiger partial charge in [0, 0.05) is 0 Å². The van der Waals surface area contributed by atoms with Crippen molar-refractivity contribution >= 4 is 0 Å². The van der Waals surface area contributed by atoms with Gasteiger partial charge in [0.15, 0.2) is 11.5 Å². The lowest BCUT2D eigenvalue weighted by atomic mass is 10.0. The molecule has 0 atom stereocenters. The SMILES string of the molecule is CCCCCCCc1ccccc1Oc1ccccc1Oc1ccccc1CCCCCCC. The molecule has 0 amide bonds. The van der Waals surface area contributed by atoms with Crippen LogP contribution in [-0.4, -0.2) is 0 Å². The normalized spacial score (nSPS) is 10.9. The van der Waals surface area contributed by atoms with Crippen molar-refractivity contribution in [2.24, 2.45) is 0 Å². The van der Waals surface area contributed by atoms with E-state index in [1.165, 1.54) is 75.3 Å². The van der Waals surface area contributed by atoms with Crippen molar-refractivity contribution in [3.8, 4) is 23.0 Å². The van der Waals surface area contributed by atoms with Gasteiger partial charge in [-0.15, -0.1) is 0 Å². The fourth-order valence-corrected chi connectivity index (χ4v) is 4.31. The molecule has 0 fully saturated rings. The Balaban J connectivity index is 1.68. The number of unbranched alkanes of at least 4 members (excludes halogenated alkanes) is 8. The van der Waals surface area contributed by atoms with Crippen LogP contribution in [0.1, 0.15) is 89.2 Å². The Morgan fingerprint density at radius 3 is 1.18 bits per heavy atom. The Bertz CT molecular complexity index is 884. The molecule has 3 aromatic carbocycles. The maximum absolute atomic E-state index is 6.43. The third kappa shape index (κ3) is 8.56. The average Bonchev–Trinajstić information content (AvgIpc) is 2.87. The molecule has 0 spiro atoms. The van der Waals surface area contributed by atoms with Crippen molar-refractivity contribution in [1.82, 2.24) is 0 Å². The molecule has 0 radical (unpaired) electrons. The molecule has 3 aromatic rings. The summed E-state index contributed by atoms with van der Waals surface area (Å²) in [6.07, 6.45) is 14.9. The maximum atomic E-state index is 6.43. The molecule has 0 aromatic heterocycles. The quantitative estimate of drug-likeness (QED) is 0.199. The molecule has 0 heterocycles. The predicted octanol–water partition coefficient (Wildman–Crippen LogP) is 10.3. The zero-order chi connectivity index (χ0) is 23.8. The van der Waals surface area contributed by atoms with Crippen LogP contribution in [0.15, 0.2) is 72.8 Å². The van der Waals surface area contributed by atoms with Gasteiger partial charge in [-0.3, -0.25) is 0 Å². The minimum Gasteiger partial charge on any atom is -0.453 e. The molecule has 182 valence electrons. The molecule has 0 aliphatic rings. The van der Waals surface area contributed by atoms with Gasteiger partial charge in [0.25, 0.3) is 0 Å². The first kappa shape index (κ1) is 25.9. The zero-order valence-electron chi connectivity index (χ0n) is 21.2. The second-order valence-electron chi connectivity index (χ2n) is 9.19. The smallest absolute Gasteiger partial charge is 0.169 e. The van der Waals surface area contributed by atoms with Gasteiger partial charge in [-0.05, 0) is 61.1 Å². The highest BCUT2D eigenvalue weighted by molar-refractivity contribution is 5.48. The van der Waals surface area contributed by atoms with Gasteiger partial charge < -0.3 is 9.47 Å². The van der Waals surface area contributed by atoms with E-state index in [0.29, 0.717) is 0 Å². The van der Waals surface area contributed by atoms with Crippen LogP contribution in [0.4, 0.5) is 0 Å². The van der Waals surface area contributed by atoms with Crippen LogP contribution in [0.2, 0.25) is 0 Å². The molecular weight excluding hydrogens is 416 g/mol. The Morgan fingerprint density at radius 1 is 0.412 bits per heavy atom. The van der Waals surface area contributed by atoms with Crippen LogP contribution in [-0.2, 0) is 12.8 Å². The lowest BCUT2D eigenvalue weighted by molar-refractivity contribution is 0.412. The fraction of sp³-hybridized carbons (Fsp3) is 0.438. The van der Waals surface area contributed by atoms with Crippen molar-refractivity contribution < 1.29 is 9.47 Å². The summed E-state index contributed by atoms with van der Waals surface area (Å²) in [5, 5.41) is 0. The van der Waals surface area contributed by atoms with E-state index in [1.54, 1.807) is 0 Å². The molecule has 0 N–H and O–H groups in total. The standard InChI is InChI=1S/C32H42O2/c1-3-5-7-9-11-19-27-21-13-15-23-29(27)33-31-25-17-18-26-32(31)34-30-24-16-14-22-28(30)20-12-10-8-6-4-2/h13-18,21-26H,3-12,19-20H2,1-2H3. The summed E-state index contributed by atoms with van der Waals surface area (Å²) < 4.78 is 12.9. The molecule has 0 saturated carbocycles. The van der Waals surface area contributed by atoms with Crippen LogP contribution >= 0.6 is 0 Å². The Labute approximate surface area is 207 Å². The van der Waals surface area contributed by atoms with E-state index in [9.17, 15) is 0 Å². The predicted molar refractivity (Wildman–Crippen MR) is 144 cm³/mol. The van der Waals surface area contributed by atoms with E-state index in [4.69, 9.17) is 9.47 Å². The maximum Gasteiger partial charge on any atom is 0.169 e. The number of rotatable bonds is 16. The van der Waals surface area contributed by atoms with E-state index >= 15 is 0 Å². The lowest BCUT2D eigenvalue weighted by Crippen LogP contribution is -1.96. The van der Waals surface area contributed by atoms with E-state index in [0.717, 1.165) is 35.8 Å². The number of ether oxygens (including phenoxy) is 2. The highest BCUT2D eigenvalue weighted by Crippen LogP contribution is 2.37. The first-order valence-corrected chi connectivity index (χ1v) is 13.4. The van der Waals surface area contributed by atoms with E-state index < -0.39 is 0 Å². The summed E-state index contributed by atoms with van der Waals surface area (Å²) >= 11 is 0. The van der Waals surface area contributed by atoms with Gasteiger partial charge in [-0.2, -0.15) is 0 Å². The van der Waals surface area contributed by atoms with E-state index in [2.05, 4.69) is 50.2 Å². The molecule has 0 bridgehead atoms. The first-order valence-electron chi connectivity index (χ1n) is 13.4. The van der Waals surface area contributed by atoms with Gasteiger partial charge >= 0.3 is 0 Å². The summed E-state index contributed by atoms with van der Waals surface area (Å²) in [6, 6.07) is 24.8. The van der Waals surface area contributed by atoms with Crippen molar-refractivity contribution in [3.05, 3.63) is 83.9 Å². The summed E-state index contributed by atoms with van der Waals surface area (Å²) in [5.41, 5.74) is 2.53. The van der Waals surface area contributed by atoms with E-state index in [1.807, 2.05) is 36.4 Å². The fourth-order valence-electron chi connectivity index (χ4n) is 4.31. The number of aryl methyl sites for hydroxylation is 2. The van der Waals surface area contributed by atoms with Crippen LogP contribution in [0.5, 0.6) is 23.0 Å². The van der Waals surface area contributed by atoms with Crippen molar-refractivity contribution in [1.29, 1.82) is 0 Å². The van der Waals surface area contributed by atoms with Gasteiger partial charge in [0.1, 0.15) is 11.5 Å². The third-order valence-corrected chi connectivity index (χ3v) is 6.33. The van der Waals surface area contributed by atoms with Gasteiger partial charge in [0.2, 0.25) is 0 Å². The largest absolute Gasteiger partial charge is 0.453 e. The number of para-hydroxylation sites is 4. The van der Waals surface area contributed by atoms with Crippen molar-refractivity contribution in [2.45, 2.75) is 90.9 Å². The molecule has 0 aliphatic heterocycles. The molecule has 34 heavy (non-hydrogen) atoms. The third-order valence-electron chi connectivity index (χ3n) is 6.33. The summed E-state index contributed by atoms with van der Waals surface area (Å²) in [5.74, 6) is 3.38. The topological polar surface area (TPSA) is 18.5 Å². The van der Waals surface area contributed by atoms with Gasteiger partial charge in [-0.1, -0.05) is 114 Å². The highest BCUT2D eigenvalue weighted by Gasteiger charge is 2.12. The van der Waals surface area contributed by atoms with Crippen molar-refractivity contribution in [3.63, 3.8) is 0 Å². The van der Waals surface area contributed by atoms with Crippen LogP contribution < -0.4 is 9.47 Å². The average molecular weight is 459 g/mol. The molecule has 2 heteroatoms. The summed E-state index contributed by atoms with van der Waals surface area (Å²) in [6.45, 7) is 4.52. The second kappa shape index (κ2) is 15.2. The van der Waals surface area contributed by atoms with Crippen molar-refractivity contribution in [2.75, 3.05) is 0 Å². The van der Waals surface area contributed by atoms with Crippen LogP contribution in [0.25, 0.3) is 0 Å². The highest BCUT2D eigenvalue weighted by atomic mass is 16.5. The molecule has 3 rings (SSSR count). The van der Waals surface area contributed by atoms with Crippen LogP contribution in [0.3, 0.4) is 0 Å². The minimum absolute atomic E-state index is 0.763. The number of hydrogen-bond donors (Lipinski definition) is 0. The number of benzene rings is 3.